The van der Waals surface area contributed by atoms with E-state index in [9.17, 15) is 9.59 Å². The lowest BCUT2D eigenvalue weighted by Gasteiger charge is -2.02. The fourth-order valence-electron chi connectivity index (χ4n) is 2.14. The first-order chi connectivity index (χ1) is 10.6. The second kappa shape index (κ2) is 5.73. The zero-order chi connectivity index (χ0) is 15.5. The van der Waals surface area contributed by atoms with E-state index in [2.05, 4.69) is 15.3 Å². The fraction of sp³-hybridized carbons (Fsp3) is 0.0588. The lowest BCUT2D eigenvalue weighted by molar-refractivity contribution is -0.111. The first-order valence-corrected chi connectivity index (χ1v) is 6.88. The molecule has 3 rings (SSSR count). The smallest absolute Gasteiger partial charge is 0.322 e. The fourth-order valence-corrected chi connectivity index (χ4v) is 2.14. The van der Waals surface area contributed by atoms with E-state index >= 15 is 0 Å². The summed E-state index contributed by atoms with van der Waals surface area (Å²) in [4.78, 5) is 28.4. The van der Waals surface area contributed by atoms with Crippen LogP contribution >= 0.6 is 0 Å². The molecular formula is C17H15N3O2. The average molecular weight is 293 g/mol. The summed E-state index contributed by atoms with van der Waals surface area (Å²) in [6.45, 7) is 2.02. The first kappa shape index (κ1) is 13.9. The Morgan fingerprint density at radius 3 is 2.55 bits per heavy atom. The zero-order valence-electron chi connectivity index (χ0n) is 12.0. The lowest BCUT2D eigenvalue weighted by Crippen LogP contribution is -2.07. The highest BCUT2D eigenvalue weighted by atomic mass is 16.1. The van der Waals surface area contributed by atoms with Crippen LogP contribution in [-0.2, 0) is 4.79 Å². The van der Waals surface area contributed by atoms with Crippen LogP contribution in [0, 0.1) is 6.92 Å². The van der Waals surface area contributed by atoms with Crippen molar-refractivity contribution in [1.29, 1.82) is 0 Å². The topological polar surface area (TPSA) is 77.8 Å². The number of aromatic nitrogens is 2. The van der Waals surface area contributed by atoms with Crippen molar-refractivity contribution in [3.8, 4) is 0 Å². The number of anilines is 1. The average Bonchev–Trinajstić information content (AvgIpc) is 2.86. The standard InChI is InChI=1S/C17H15N3O2/c1-11-2-4-12(5-3-11)6-9-16(21)18-13-7-8-14-15(10-13)20-17(22)19-14/h2-10H,1H3,(H,18,21)(H2,19,20,22). The van der Waals surface area contributed by atoms with E-state index in [1.807, 2.05) is 31.2 Å². The Balaban J connectivity index is 1.72. The quantitative estimate of drug-likeness (QED) is 0.649. The Bertz CT molecular complexity index is 902. The number of rotatable bonds is 3. The van der Waals surface area contributed by atoms with Crippen LogP contribution in [0.2, 0.25) is 0 Å². The number of benzene rings is 2. The van der Waals surface area contributed by atoms with Gasteiger partial charge in [-0.3, -0.25) is 4.79 Å². The number of nitrogens with one attached hydrogen (secondary N) is 3. The molecule has 0 unspecified atom stereocenters. The number of carbonyl (C=O) groups excluding carboxylic acids is 1. The van der Waals surface area contributed by atoms with Gasteiger partial charge in [0.25, 0.3) is 0 Å². The molecule has 0 aliphatic heterocycles. The Morgan fingerprint density at radius 1 is 1.05 bits per heavy atom. The number of H-pyrrole nitrogens is 2. The van der Waals surface area contributed by atoms with Gasteiger partial charge in [-0.2, -0.15) is 0 Å². The molecule has 0 spiro atoms. The van der Waals surface area contributed by atoms with Crippen molar-refractivity contribution in [2.24, 2.45) is 0 Å². The first-order valence-electron chi connectivity index (χ1n) is 6.88. The number of hydrogen-bond donors (Lipinski definition) is 3. The van der Waals surface area contributed by atoms with Crippen LogP contribution in [0.3, 0.4) is 0 Å². The van der Waals surface area contributed by atoms with E-state index < -0.39 is 0 Å². The Labute approximate surface area is 126 Å². The number of amides is 1. The van der Waals surface area contributed by atoms with Crippen molar-refractivity contribution < 1.29 is 4.79 Å². The van der Waals surface area contributed by atoms with Crippen molar-refractivity contribution in [2.75, 3.05) is 5.32 Å². The summed E-state index contributed by atoms with van der Waals surface area (Å²) in [5.74, 6) is -0.224. The molecule has 0 bridgehead atoms. The highest BCUT2D eigenvalue weighted by Gasteiger charge is 2.02. The van der Waals surface area contributed by atoms with Gasteiger partial charge in [0.1, 0.15) is 0 Å². The van der Waals surface area contributed by atoms with Gasteiger partial charge in [0.05, 0.1) is 11.0 Å². The number of aryl methyl sites for hydroxylation is 1. The van der Waals surface area contributed by atoms with Gasteiger partial charge in [0.15, 0.2) is 0 Å². The van der Waals surface area contributed by atoms with Gasteiger partial charge in [0, 0.05) is 11.8 Å². The molecular weight excluding hydrogens is 278 g/mol. The van der Waals surface area contributed by atoms with E-state index in [0.29, 0.717) is 16.7 Å². The highest BCUT2D eigenvalue weighted by molar-refractivity contribution is 6.02. The number of aromatic amines is 2. The maximum Gasteiger partial charge on any atom is 0.323 e. The highest BCUT2D eigenvalue weighted by Crippen LogP contribution is 2.14. The maximum absolute atomic E-state index is 11.9. The summed E-state index contributed by atoms with van der Waals surface area (Å²) in [6.07, 6.45) is 3.24. The minimum Gasteiger partial charge on any atom is -0.322 e. The third-order valence-electron chi connectivity index (χ3n) is 3.29. The maximum atomic E-state index is 11.9. The van der Waals surface area contributed by atoms with Crippen LogP contribution in [0.4, 0.5) is 5.69 Å². The van der Waals surface area contributed by atoms with E-state index in [0.717, 1.165) is 5.56 Å². The second-order valence-corrected chi connectivity index (χ2v) is 5.07. The minimum atomic E-state index is -0.266. The molecule has 110 valence electrons. The molecule has 22 heavy (non-hydrogen) atoms. The molecule has 0 saturated carbocycles. The molecule has 0 saturated heterocycles. The SMILES string of the molecule is Cc1ccc(C=CC(=O)Nc2ccc3[nH]c(=O)[nH]c3c2)cc1. The molecule has 3 aromatic rings. The normalized spacial score (nSPS) is 11.1. The molecule has 1 aromatic heterocycles. The molecule has 0 aliphatic carbocycles. The summed E-state index contributed by atoms with van der Waals surface area (Å²) < 4.78 is 0. The van der Waals surface area contributed by atoms with Crippen LogP contribution < -0.4 is 11.0 Å². The van der Waals surface area contributed by atoms with Gasteiger partial charge >= 0.3 is 5.69 Å². The predicted octanol–water partition coefficient (Wildman–Crippen LogP) is 2.82. The number of carbonyl (C=O) groups is 1. The minimum absolute atomic E-state index is 0.224. The Hall–Kier alpha value is -3.08. The summed E-state index contributed by atoms with van der Waals surface area (Å²) in [7, 11) is 0. The third-order valence-corrected chi connectivity index (χ3v) is 3.29. The van der Waals surface area contributed by atoms with Gasteiger partial charge in [-0.15, -0.1) is 0 Å². The van der Waals surface area contributed by atoms with Crippen LogP contribution in [0.25, 0.3) is 17.1 Å². The summed E-state index contributed by atoms with van der Waals surface area (Å²) in [5, 5.41) is 2.76. The van der Waals surface area contributed by atoms with Crippen molar-refractivity contribution in [2.45, 2.75) is 6.92 Å². The van der Waals surface area contributed by atoms with Gasteiger partial charge < -0.3 is 15.3 Å². The molecule has 5 nitrogen and oxygen atoms in total. The number of imidazole rings is 1. The molecule has 1 amide bonds. The van der Waals surface area contributed by atoms with Crippen LogP contribution in [0.15, 0.2) is 53.3 Å². The van der Waals surface area contributed by atoms with Crippen molar-refractivity contribution >= 4 is 28.7 Å². The molecule has 0 fully saturated rings. The predicted molar refractivity (Wildman–Crippen MR) is 87.8 cm³/mol. The number of hydrogen-bond acceptors (Lipinski definition) is 2. The monoisotopic (exact) mass is 293 g/mol. The largest absolute Gasteiger partial charge is 0.323 e. The Kier molecular flexibility index (Phi) is 3.62. The molecule has 2 aromatic carbocycles. The molecule has 0 atom stereocenters. The van der Waals surface area contributed by atoms with Crippen LogP contribution in [0.5, 0.6) is 0 Å². The van der Waals surface area contributed by atoms with Gasteiger partial charge in [-0.05, 0) is 36.8 Å². The van der Waals surface area contributed by atoms with E-state index in [-0.39, 0.29) is 11.6 Å². The van der Waals surface area contributed by atoms with Crippen molar-refractivity contribution in [3.05, 3.63) is 70.2 Å². The number of fused-ring (bicyclic) bond motifs is 1. The van der Waals surface area contributed by atoms with E-state index in [4.69, 9.17) is 0 Å². The summed E-state index contributed by atoms with van der Waals surface area (Å²) in [5.41, 5.74) is 3.86. The molecule has 1 heterocycles. The Morgan fingerprint density at radius 2 is 1.77 bits per heavy atom. The van der Waals surface area contributed by atoms with Crippen molar-refractivity contribution in [1.82, 2.24) is 9.97 Å². The second-order valence-electron chi connectivity index (χ2n) is 5.07. The summed E-state index contributed by atoms with van der Waals surface area (Å²) >= 11 is 0. The molecule has 0 aliphatic rings. The van der Waals surface area contributed by atoms with E-state index in [1.165, 1.54) is 11.6 Å². The zero-order valence-corrected chi connectivity index (χ0v) is 12.0. The molecule has 0 radical (unpaired) electrons. The van der Waals surface area contributed by atoms with Crippen molar-refractivity contribution in [3.63, 3.8) is 0 Å². The van der Waals surface area contributed by atoms with Gasteiger partial charge in [0.2, 0.25) is 5.91 Å². The lowest BCUT2D eigenvalue weighted by atomic mass is 10.1. The van der Waals surface area contributed by atoms with Gasteiger partial charge in [-0.1, -0.05) is 29.8 Å². The molecule has 5 heteroatoms. The molecule has 3 N–H and O–H groups in total. The summed E-state index contributed by atoms with van der Waals surface area (Å²) in [6, 6.07) is 13.1. The van der Waals surface area contributed by atoms with Crippen LogP contribution in [0.1, 0.15) is 11.1 Å². The van der Waals surface area contributed by atoms with Crippen LogP contribution in [-0.4, -0.2) is 15.9 Å². The third kappa shape index (κ3) is 3.15. The van der Waals surface area contributed by atoms with E-state index in [1.54, 1.807) is 24.3 Å². The van der Waals surface area contributed by atoms with Gasteiger partial charge in [-0.25, -0.2) is 4.79 Å².